The average Bonchev–Trinajstić information content (AvgIpc) is 3.49. The number of unbranched alkanes of at least 4 members (excludes halogenated alkanes) is 8. The van der Waals surface area contributed by atoms with E-state index in [2.05, 4.69) is 24.3 Å². The SMILES string of the molecule is CC(C)CCCCCCCCCCCNOP(=O)(O)N(CC(N)=O)P(=O)(O)O[C@@H]1C(OC[C@@H]2O[C@@H](n3ccc(N)nc3=O)[C@H](O)[C@@H]2O)=C(CO)[C@@H](O)[C@H]1O. The minimum atomic E-state index is -5.67. The van der Waals surface area contributed by atoms with E-state index in [-0.39, 0.29) is 16.8 Å². The summed E-state index contributed by atoms with van der Waals surface area (Å²) in [7, 11) is -11.1. The van der Waals surface area contributed by atoms with Crippen molar-refractivity contribution in [3.05, 3.63) is 34.1 Å². The van der Waals surface area contributed by atoms with E-state index in [1.54, 1.807) is 0 Å². The third-order valence-corrected chi connectivity index (χ3v) is 12.7. The lowest BCUT2D eigenvalue weighted by Gasteiger charge is -2.31. The fourth-order valence-electron chi connectivity index (χ4n) is 6.03. The van der Waals surface area contributed by atoms with Gasteiger partial charge < -0.3 is 56.3 Å². The second kappa shape index (κ2) is 21.3. The molecule has 9 atom stereocenters. The normalized spacial score (nSPS) is 26.8. The first kappa shape index (κ1) is 46.1. The van der Waals surface area contributed by atoms with Crippen molar-refractivity contribution in [1.29, 1.82) is 0 Å². The Balaban J connectivity index is 1.60. The monoisotopic (exact) mass is 814 g/mol. The van der Waals surface area contributed by atoms with Gasteiger partial charge in [0.2, 0.25) is 5.91 Å². The highest BCUT2D eigenvalue weighted by molar-refractivity contribution is 7.66. The molecule has 1 aliphatic heterocycles. The smallest absolute Gasteiger partial charge is 0.432 e. The molecule has 0 radical (unpaired) electrons. The van der Waals surface area contributed by atoms with Crippen LogP contribution in [0.4, 0.5) is 5.82 Å². The molecule has 21 nitrogen and oxygen atoms in total. The van der Waals surface area contributed by atoms with Gasteiger partial charge in [-0.3, -0.25) is 13.9 Å². The highest BCUT2D eigenvalue weighted by Gasteiger charge is 2.53. The van der Waals surface area contributed by atoms with Gasteiger partial charge >= 0.3 is 21.2 Å². The first-order valence-electron chi connectivity index (χ1n) is 17.9. The van der Waals surface area contributed by atoms with Crippen molar-refractivity contribution in [2.75, 3.05) is 32.0 Å². The number of amides is 1. The molecule has 2 unspecified atom stereocenters. The molecule has 1 fully saturated rings. The third kappa shape index (κ3) is 12.9. The van der Waals surface area contributed by atoms with Crippen LogP contribution in [0.3, 0.4) is 0 Å². The second-order valence-electron chi connectivity index (χ2n) is 13.7. The highest BCUT2D eigenvalue weighted by Crippen LogP contribution is 2.64. The molecule has 1 saturated heterocycles. The Hall–Kier alpha value is -2.33. The van der Waals surface area contributed by atoms with Gasteiger partial charge in [-0.1, -0.05) is 71.6 Å². The van der Waals surface area contributed by atoms with Gasteiger partial charge in [-0.2, -0.15) is 10.5 Å². The van der Waals surface area contributed by atoms with Crippen LogP contribution >= 0.6 is 15.5 Å². The Labute approximate surface area is 313 Å². The van der Waals surface area contributed by atoms with E-state index in [0.29, 0.717) is 12.3 Å². The predicted octanol–water partition coefficient (Wildman–Crippen LogP) is -0.105. The molecule has 0 saturated carbocycles. The fraction of sp³-hybridized carbons (Fsp3) is 0.774. The molecule has 3 rings (SSSR count). The van der Waals surface area contributed by atoms with Gasteiger partial charge in [-0.15, -0.1) is 4.44 Å². The van der Waals surface area contributed by atoms with Gasteiger partial charge in [0.05, 0.1) is 13.2 Å². The summed E-state index contributed by atoms with van der Waals surface area (Å²) in [6.07, 6.45) is -0.842. The Morgan fingerprint density at radius 2 is 1.61 bits per heavy atom. The van der Waals surface area contributed by atoms with Gasteiger partial charge in [0.1, 0.15) is 48.7 Å². The molecule has 0 bridgehead atoms. The maximum atomic E-state index is 13.5. The van der Waals surface area contributed by atoms with E-state index in [4.69, 9.17) is 30.1 Å². The molecular formula is C31H56N6O15P2. The lowest BCUT2D eigenvalue weighted by molar-refractivity contribution is -0.118. The van der Waals surface area contributed by atoms with E-state index in [1.165, 1.54) is 37.9 Å². The first-order valence-corrected chi connectivity index (χ1v) is 21.0. The number of hydroxylamine groups is 1. The molecule has 1 amide bonds. The Morgan fingerprint density at radius 3 is 2.19 bits per heavy atom. The lowest BCUT2D eigenvalue weighted by Crippen LogP contribution is -2.38. The number of nitrogens with zero attached hydrogens (tertiary/aromatic N) is 3. The molecule has 12 N–H and O–H groups in total. The number of hydrogen-bond donors (Lipinski definition) is 10. The van der Waals surface area contributed by atoms with Crippen molar-refractivity contribution < 1.29 is 67.9 Å². The van der Waals surface area contributed by atoms with E-state index in [9.17, 15) is 54.0 Å². The minimum Gasteiger partial charge on any atom is -0.492 e. The topological polar surface area (TPSA) is 332 Å². The number of ether oxygens (including phenoxy) is 2. The summed E-state index contributed by atoms with van der Waals surface area (Å²) in [5.74, 6) is -1.37. The van der Waals surface area contributed by atoms with Crippen LogP contribution in [0.5, 0.6) is 0 Å². The number of carbonyl (C=O) groups excluding carboxylic acids is 1. The van der Waals surface area contributed by atoms with Crippen LogP contribution < -0.4 is 22.6 Å². The summed E-state index contributed by atoms with van der Waals surface area (Å²) in [5.41, 5.74) is 11.6. The third-order valence-electron chi connectivity index (χ3n) is 8.98. The Morgan fingerprint density at radius 1 is 1.00 bits per heavy atom. The minimum absolute atomic E-state index is 0.0724. The van der Waals surface area contributed by atoms with Gasteiger partial charge in [0, 0.05) is 18.3 Å². The number of anilines is 1. The molecule has 1 aromatic heterocycles. The number of nitrogens with one attached hydrogen (secondary N) is 1. The van der Waals surface area contributed by atoms with E-state index in [1.807, 2.05) is 0 Å². The van der Waals surface area contributed by atoms with Crippen molar-refractivity contribution in [3.8, 4) is 0 Å². The average molecular weight is 815 g/mol. The maximum Gasteiger partial charge on any atom is 0.432 e. The van der Waals surface area contributed by atoms with Crippen LogP contribution in [0.15, 0.2) is 28.4 Å². The molecule has 23 heteroatoms. The summed E-state index contributed by atoms with van der Waals surface area (Å²) in [5, 5.41) is 52.4. The van der Waals surface area contributed by atoms with Gasteiger partial charge in [-0.05, 0) is 18.4 Å². The number of carbonyl (C=O) groups is 1. The number of primary amides is 1. The quantitative estimate of drug-likeness (QED) is 0.0350. The zero-order valence-corrected chi connectivity index (χ0v) is 32.2. The van der Waals surface area contributed by atoms with Crippen LogP contribution in [0.1, 0.15) is 84.3 Å². The largest absolute Gasteiger partial charge is 0.492 e. The first-order chi connectivity index (χ1) is 25.4. The van der Waals surface area contributed by atoms with Crippen molar-refractivity contribution in [1.82, 2.24) is 19.5 Å². The van der Waals surface area contributed by atoms with Crippen molar-refractivity contribution in [3.63, 3.8) is 0 Å². The van der Waals surface area contributed by atoms with Crippen LogP contribution in [0.2, 0.25) is 0 Å². The molecule has 1 aliphatic carbocycles. The van der Waals surface area contributed by atoms with Crippen LogP contribution in [-0.2, 0) is 32.5 Å². The summed E-state index contributed by atoms with van der Waals surface area (Å²) >= 11 is 0. The molecule has 2 heterocycles. The van der Waals surface area contributed by atoms with E-state index in [0.717, 1.165) is 36.7 Å². The summed E-state index contributed by atoms with van der Waals surface area (Å²) in [4.78, 5) is 49.2. The summed E-state index contributed by atoms with van der Waals surface area (Å²) < 4.78 is 48.5. The number of aliphatic hydroxyl groups is 5. The van der Waals surface area contributed by atoms with E-state index >= 15 is 0 Å². The Bertz CT molecular complexity index is 1550. The molecule has 310 valence electrons. The van der Waals surface area contributed by atoms with Gasteiger partial charge in [-0.25, -0.2) is 18.5 Å². The van der Waals surface area contributed by atoms with Crippen LogP contribution in [0, 0.1) is 5.92 Å². The molecule has 2 aliphatic rings. The Kier molecular flexibility index (Phi) is 18.1. The fourth-order valence-corrected chi connectivity index (χ4v) is 9.02. The standard InChI is InChI=1S/C31H56N6O15P2/c1-19(2)12-10-8-6-4-3-5-7-9-11-14-34-52-54(47,48)37(16-23(33)39)53(45,46)51-29-26(42)24(40)20(17-38)28(29)49-18-21-25(41)27(43)30(50-21)36-15-13-22(32)35-31(36)44/h13,15,19,21,24-27,29-30,34,38,40-43H,3-12,14,16-18H2,1-2H3,(H2,33,39)(H,45,46)(H,47,48)(H2,32,35,44)/t21-,24+,25+,26+,27+,29-,30+/m0/s1. The van der Waals surface area contributed by atoms with Crippen LogP contribution in [-0.4, -0.2) is 118 Å². The predicted molar refractivity (Wildman–Crippen MR) is 191 cm³/mol. The summed E-state index contributed by atoms with van der Waals surface area (Å²) in [6, 6.07) is 1.25. The number of aromatic nitrogens is 2. The van der Waals surface area contributed by atoms with Gasteiger partial charge in [0.15, 0.2) is 12.3 Å². The number of rotatable bonds is 25. The van der Waals surface area contributed by atoms with Crippen LogP contribution in [0.25, 0.3) is 0 Å². The molecule has 0 aromatic carbocycles. The lowest BCUT2D eigenvalue weighted by atomic mass is 10.0. The highest BCUT2D eigenvalue weighted by atomic mass is 31.3. The number of nitrogens with two attached hydrogens (primary N) is 2. The number of nitrogen functional groups attached to an aromatic ring is 1. The van der Waals surface area contributed by atoms with Crippen molar-refractivity contribution in [2.45, 2.75) is 121 Å². The zero-order valence-electron chi connectivity index (χ0n) is 30.5. The van der Waals surface area contributed by atoms with E-state index < -0.39 is 101 Å². The molecule has 0 spiro atoms. The number of aliphatic hydroxyl groups excluding tert-OH is 5. The summed E-state index contributed by atoms with van der Waals surface area (Å²) in [6.45, 7) is 1.47. The van der Waals surface area contributed by atoms with Crippen molar-refractivity contribution >= 4 is 27.2 Å². The molecule has 54 heavy (non-hydrogen) atoms. The molecule has 1 aromatic rings. The number of hydrogen-bond acceptors (Lipinski definition) is 16. The molecular weight excluding hydrogens is 758 g/mol. The second-order valence-corrected chi connectivity index (χ2v) is 17.4. The van der Waals surface area contributed by atoms with Gasteiger partial charge in [0.25, 0.3) is 0 Å². The van der Waals surface area contributed by atoms with Crippen molar-refractivity contribution in [2.24, 2.45) is 11.7 Å². The maximum absolute atomic E-state index is 13.5. The zero-order chi connectivity index (χ0) is 40.2.